The number of amides is 2. The van der Waals surface area contributed by atoms with E-state index in [1.165, 1.54) is 24.3 Å². The number of fused-ring (bicyclic) bond motifs is 1. The number of anilines is 1. The van der Waals surface area contributed by atoms with Crippen molar-refractivity contribution in [2.75, 3.05) is 38.0 Å². The average molecular weight is 513 g/mol. The van der Waals surface area contributed by atoms with Gasteiger partial charge in [0.1, 0.15) is 5.82 Å². The molecule has 0 saturated carbocycles. The predicted molar refractivity (Wildman–Crippen MR) is 144 cm³/mol. The van der Waals surface area contributed by atoms with E-state index in [4.69, 9.17) is 4.98 Å². The Balaban J connectivity index is 1.19. The van der Waals surface area contributed by atoms with Crippen LogP contribution in [0.4, 0.5) is 11.4 Å². The van der Waals surface area contributed by atoms with Crippen LogP contribution < -0.4 is 5.32 Å². The fourth-order valence-electron chi connectivity index (χ4n) is 4.71. The Morgan fingerprint density at radius 2 is 1.68 bits per heavy atom. The standard InChI is InChI=1S/C28H28N6O4/c1-31-25-11-10-22(29-27(35)21-8-5-9-23(18-21)34(37)38)19-24(25)30-26(31)12-13-32-14-16-33(17-15-32)28(36)20-6-3-2-4-7-20/h2-11,18-19H,12-17H2,1H3,(H,29,35). The van der Waals surface area contributed by atoms with Crippen LogP contribution in [-0.2, 0) is 13.5 Å². The van der Waals surface area contributed by atoms with E-state index in [0.717, 1.165) is 48.5 Å². The van der Waals surface area contributed by atoms with Gasteiger partial charge in [0.05, 0.1) is 16.0 Å². The Bertz CT molecular complexity index is 1490. The van der Waals surface area contributed by atoms with Crippen LogP contribution in [0.3, 0.4) is 0 Å². The molecule has 0 aliphatic carbocycles. The Labute approximate surface area is 219 Å². The number of benzene rings is 3. The second-order valence-corrected chi connectivity index (χ2v) is 9.30. The van der Waals surface area contributed by atoms with Gasteiger partial charge in [-0.25, -0.2) is 4.98 Å². The summed E-state index contributed by atoms with van der Waals surface area (Å²) >= 11 is 0. The van der Waals surface area contributed by atoms with Gasteiger partial charge in [0, 0.05) is 75.1 Å². The number of imidazole rings is 1. The van der Waals surface area contributed by atoms with Crippen molar-refractivity contribution < 1.29 is 14.5 Å². The molecule has 4 aromatic rings. The van der Waals surface area contributed by atoms with E-state index >= 15 is 0 Å². The SMILES string of the molecule is Cn1c(CCN2CCN(C(=O)c3ccccc3)CC2)nc2cc(NC(=O)c3cccc([N+](=O)[O-])c3)ccc21. The van der Waals surface area contributed by atoms with Crippen molar-refractivity contribution in [1.82, 2.24) is 19.4 Å². The summed E-state index contributed by atoms with van der Waals surface area (Å²) in [6.07, 6.45) is 0.757. The number of nitrogens with one attached hydrogen (secondary N) is 1. The number of piperazine rings is 1. The maximum Gasteiger partial charge on any atom is 0.270 e. The highest BCUT2D eigenvalue weighted by atomic mass is 16.6. The third-order valence-electron chi connectivity index (χ3n) is 6.88. The lowest BCUT2D eigenvalue weighted by Crippen LogP contribution is -2.49. The van der Waals surface area contributed by atoms with Gasteiger partial charge in [-0.15, -0.1) is 0 Å². The first-order chi connectivity index (χ1) is 18.4. The predicted octanol–water partition coefficient (Wildman–Crippen LogP) is 3.73. The van der Waals surface area contributed by atoms with E-state index in [1.807, 2.05) is 54.4 Å². The second kappa shape index (κ2) is 10.8. The van der Waals surface area contributed by atoms with Gasteiger partial charge < -0.3 is 14.8 Å². The number of rotatable bonds is 7. The van der Waals surface area contributed by atoms with E-state index in [-0.39, 0.29) is 17.2 Å². The molecule has 2 amide bonds. The summed E-state index contributed by atoms with van der Waals surface area (Å²) in [5, 5.41) is 13.8. The minimum Gasteiger partial charge on any atom is -0.336 e. The molecule has 0 bridgehead atoms. The number of nitro benzene ring substituents is 1. The lowest BCUT2D eigenvalue weighted by Gasteiger charge is -2.34. The summed E-state index contributed by atoms with van der Waals surface area (Å²) in [6.45, 7) is 3.86. The lowest BCUT2D eigenvalue weighted by atomic mass is 10.2. The lowest BCUT2D eigenvalue weighted by molar-refractivity contribution is -0.384. The zero-order chi connectivity index (χ0) is 26.6. The van der Waals surface area contributed by atoms with Crippen molar-refractivity contribution in [3.05, 3.63) is 99.9 Å². The summed E-state index contributed by atoms with van der Waals surface area (Å²) < 4.78 is 2.05. The van der Waals surface area contributed by atoms with Crippen LogP contribution in [0.25, 0.3) is 11.0 Å². The molecule has 0 radical (unpaired) electrons. The van der Waals surface area contributed by atoms with Gasteiger partial charge >= 0.3 is 0 Å². The minimum absolute atomic E-state index is 0.0778. The smallest absolute Gasteiger partial charge is 0.270 e. The number of carbonyl (C=O) groups is 2. The highest BCUT2D eigenvalue weighted by Crippen LogP contribution is 2.22. The van der Waals surface area contributed by atoms with Gasteiger partial charge in [0.15, 0.2) is 0 Å². The number of aromatic nitrogens is 2. The fourth-order valence-corrected chi connectivity index (χ4v) is 4.71. The highest BCUT2D eigenvalue weighted by Gasteiger charge is 2.22. The molecule has 0 spiro atoms. The van der Waals surface area contributed by atoms with Gasteiger partial charge in [-0.05, 0) is 36.4 Å². The quantitative estimate of drug-likeness (QED) is 0.298. The van der Waals surface area contributed by atoms with Crippen molar-refractivity contribution in [2.24, 2.45) is 7.05 Å². The molecule has 1 aromatic heterocycles. The van der Waals surface area contributed by atoms with Crippen LogP contribution >= 0.6 is 0 Å². The summed E-state index contributed by atoms with van der Waals surface area (Å²) in [4.78, 5) is 44.8. The third-order valence-corrected chi connectivity index (χ3v) is 6.88. The van der Waals surface area contributed by atoms with Crippen molar-refractivity contribution >= 4 is 34.2 Å². The molecule has 3 aromatic carbocycles. The molecule has 1 saturated heterocycles. The van der Waals surface area contributed by atoms with Crippen LogP contribution in [0.1, 0.15) is 26.5 Å². The molecule has 10 heteroatoms. The average Bonchev–Trinajstić information content (AvgIpc) is 3.26. The number of hydrogen-bond donors (Lipinski definition) is 1. The van der Waals surface area contributed by atoms with Gasteiger partial charge in [-0.2, -0.15) is 0 Å². The Morgan fingerprint density at radius 3 is 2.42 bits per heavy atom. The first kappa shape index (κ1) is 25.1. The topological polar surface area (TPSA) is 114 Å². The van der Waals surface area contributed by atoms with E-state index in [2.05, 4.69) is 14.8 Å². The molecular formula is C28H28N6O4. The summed E-state index contributed by atoms with van der Waals surface area (Å²) in [6, 6.07) is 20.5. The second-order valence-electron chi connectivity index (χ2n) is 9.30. The molecule has 2 heterocycles. The van der Waals surface area contributed by atoms with Gasteiger partial charge in [0.2, 0.25) is 0 Å². The van der Waals surface area contributed by atoms with Gasteiger partial charge in [-0.1, -0.05) is 24.3 Å². The highest BCUT2D eigenvalue weighted by molar-refractivity contribution is 6.05. The van der Waals surface area contributed by atoms with Crippen molar-refractivity contribution in [3.63, 3.8) is 0 Å². The van der Waals surface area contributed by atoms with Crippen LogP contribution in [0, 0.1) is 10.1 Å². The first-order valence-corrected chi connectivity index (χ1v) is 12.5. The van der Waals surface area contributed by atoms with Crippen LogP contribution in [0.5, 0.6) is 0 Å². The van der Waals surface area contributed by atoms with E-state index in [1.54, 1.807) is 6.07 Å². The molecule has 1 aliphatic heterocycles. The maximum atomic E-state index is 12.7. The minimum atomic E-state index is -0.525. The molecule has 194 valence electrons. The molecule has 1 fully saturated rings. The summed E-state index contributed by atoms with van der Waals surface area (Å²) in [5.74, 6) is 0.591. The molecule has 0 unspecified atom stereocenters. The molecule has 5 rings (SSSR count). The van der Waals surface area contributed by atoms with Crippen LogP contribution in [-0.4, -0.2) is 68.8 Å². The van der Waals surface area contributed by atoms with E-state index in [0.29, 0.717) is 18.8 Å². The number of carbonyl (C=O) groups excluding carboxylic acids is 2. The maximum absolute atomic E-state index is 12.7. The number of aryl methyl sites for hydroxylation is 1. The van der Waals surface area contributed by atoms with Gasteiger partial charge in [-0.3, -0.25) is 24.6 Å². The molecule has 10 nitrogen and oxygen atoms in total. The molecule has 38 heavy (non-hydrogen) atoms. The summed E-state index contributed by atoms with van der Waals surface area (Å²) in [5.41, 5.74) is 3.08. The zero-order valence-corrected chi connectivity index (χ0v) is 21.0. The number of nitrogens with zero attached hydrogens (tertiary/aromatic N) is 5. The van der Waals surface area contributed by atoms with Gasteiger partial charge in [0.25, 0.3) is 17.5 Å². The van der Waals surface area contributed by atoms with E-state index < -0.39 is 10.8 Å². The van der Waals surface area contributed by atoms with Crippen molar-refractivity contribution in [3.8, 4) is 0 Å². The Kier molecular flexibility index (Phi) is 7.14. The normalized spacial score (nSPS) is 14.0. The Morgan fingerprint density at radius 1 is 0.947 bits per heavy atom. The fraction of sp³-hybridized carbons (Fsp3) is 0.250. The van der Waals surface area contributed by atoms with E-state index in [9.17, 15) is 19.7 Å². The number of nitro groups is 1. The van der Waals surface area contributed by atoms with Crippen LogP contribution in [0.2, 0.25) is 0 Å². The Hall–Kier alpha value is -4.57. The van der Waals surface area contributed by atoms with Crippen LogP contribution in [0.15, 0.2) is 72.8 Å². The molecule has 1 aliphatic rings. The monoisotopic (exact) mass is 512 g/mol. The molecule has 0 atom stereocenters. The number of non-ortho nitro benzene ring substituents is 1. The molecule has 1 N–H and O–H groups in total. The molecular weight excluding hydrogens is 484 g/mol. The van der Waals surface area contributed by atoms with Crippen molar-refractivity contribution in [1.29, 1.82) is 0 Å². The summed E-state index contributed by atoms with van der Waals surface area (Å²) in [7, 11) is 1.97. The third kappa shape index (κ3) is 5.40. The number of hydrogen-bond acceptors (Lipinski definition) is 6. The largest absolute Gasteiger partial charge is 0.336 e. The van der Waals surface area contributed by atoms with Crippen molar-refractivity contribution in [2.45, 2.75) is 6.42 Å². The zero-order valence-electron chi connectivity index (χ0n) is 21.0. The first-order valence-electron chi connectivity index (χ1n) is 12.5.